The molecule has 25 heavy (non-hydrogen) atoms. The van der Waals surface area contributed by atoms with Gasteiger partial charge < -0.3 is 20.3 Å². The third-order valence-electron chi connectivity index (χ3n) is 4.34. The Kier molecular flexibility index (Phi) is 10.9. The standard InChI is InChI=1S/C19H32N4O.HI/c1-4-20-19(21-10-7-13-23-11-5-6-12-23)22-15-17-9-8-16(2)14-18(17)24-3;/h8-9,14H,4-7,10-13,15H2,1-3H3,(H2,20,21,22);1H. The zero-order chi connectivity index (χ0) is 17.2. The van der Waals surface area contributed by atoms with Crippen molar-refractivity contribution in [3.8, 4) is 5.75 Å². The van der Waals surface area contributed by atoms with E-state index in [1.807, 2.05) is 0 Å². The molecule has 0 radical (unpaired) electrons. The van der Waals surface area contributed by atoms with Crippen LogP contribution in [0.4, 0.5) is 0 Å². The second-order valence-electron chi connectivity index (χ2n) is 6.34. The monoisotopic (exact) mass is 460 g/mol. The Hall–Kier alpha value is -1.02. The maximum atomic E-state index is 5.46. The number of likely N-dealkylation sites (tertiary alicyclic amines) is 1. The summed E-state index contributed by atoms with van der Waals surface area (Å²) in [5, 5.41) is 6.75. The van der Waals surface area contributed by atoms with Crippen LogP contribution in [0.15, 0.2) is 23.2 Å². The van der Waals surface area contributed by atoms with Crippen LogP contribution in [0.25, 0.3) is 0 Å². The highest BCUT2D eigenvalue weighted by Crippen LogP contribution is 2.20. The number of benzene rings is 1. The Bertz CT molecular complexity index is 530. The molecule has 1 aromatic carbocycles. The SMILES string of the molecule is CCNC(=NCc1ccc(C)cc1OC)NCCCN1CCCC1.I. The van der Waals surface area contributed by atoms with Gasteiger partial charge >= 0.3 is 0 Å². The number of hydrogen-bond donors (Lipinski definition) is 2. The first-order valence-corrected chi connectivity index (χ1v) is 9.11. The molecule has 0 atom stereocenters. The number of guanidine groups is 1. The lowest BCUT2D eigenvalue weighted by molar-refractivity contribution is 0.334. The molecule has 1 fully saturated rings. The van der Waals surface area contributed by atoms with Crippen molar-refractivity contribution in [3.05, 3.63) is 29.3 Å². The van der Waals surface area contributed by atoms with Gasteiger partial charge in [-0.25, -0.2) is 4.99 Å². The van der Waals surface area contributed by atoms with E-state index in [9.17, 15) is 0 Å². The zero-order valence-corrected chi connectivity index (χ0v) is 18.1. The van der Waals surface area contributed by atoms with Crippen molar-refractivity contribution >= 4 is 29.9 Å². The number of hydrogen-bond acceptors (Lipinski definition) is 3. The van der Waals surface area contributed by atoms with Crippen LogP contribution >= 0.6 is 24.0 Å². The molecule has 0 saturated carbocycles. The van der Waals surface area contributed by atoms with E-state index in [1.165, 1.54) is 38.0 Å². The number of aryl methyl sites for hydroxylation is 1. The quantitative estimate of drug-likeness (QED) is 0.271. The highest BCUT2D eigenvalue weighted by molar-refractivity contribution is 14.0. The summed E-state index contributed by atoms with van der Waals surface area (Å²) >= 11 is 0. The summed E-state index contributed by atoms with van der Waals surface area (Å²) in [7, 11) is 1.71. The summed E-state index contributed by atoms with van der Waals surface area (Å²) in [5.74, 6) is 1.78. The average molecular weight is 460 g/mol. The first-order chi connectivity index (χ1) is 11.7. The number of rotatable bonds is 8. The minimum atomic E-state index is 0. The van der Waals surface area contributed by atoms with Gasteiger partial charge in [-0.2, -0.15) is 0 Å². The lowest BCUT2D eigenvalue weighted by Gasteiger charge is -2.16. The summed E-state index contributed by atoms with van der Waals surface area (Å²) in [5.41, 5.74) is 2.31. The number of methoxy groups -OCH3 is 1. The van der Waals surface area contributed by atoms with Crippen molar-refractivity contribution in [1.29, 1.82) is 0 Å². The third-order valence-corrected chi connectivity index (χ3v) is 4.34. The maximum absolute atomic E-state index is 5.46. The number of nitrogens with zero attached hydrogens (tertiary/aromatic N) is 2. The molecule has 1 aliphatic rings. The first-order valence-electron chi connectivity index (χ1n) is 9.11. The molecule has 0 aliphatic carbocycles. The Labute approximate surface area is 169 Å². The van der Waals surface area contributed by atoms with Gasteiger partial charge in [0, 0.05) is 18.7 Å². The Balaban J connectivity index is 0.00000312. The Morgan fingerprint density at radius 3 is 2.68 bits per heavy atom. The molecule has 1 saturated heterocycles. The minimum absolute atomic E-state index is 0. The molecule has 0 bridgehead atoms. The first kappa shape index (κ1) is 22.0. The fraction of sp³-hybridized carbons (Fsp3) is 0.632. The highest BCUT2D eigenvalue weighted by atomic mass is 127. The predicted octanol–water partition coefficient (Wildman–Crippen LogP) is 3.16. The fourth-order valence-electron chi connectivity index (χ4n) is 3.00. The number of aliphatic imine (C=N–C) groups is 1. The van der Waals surface area contributed by atoms with E-state index in [0.29, 0.717) is 6.54 Å². The van der Waals surface area contributed by atoms with E-state index in [2.05, 4.69) is 47.6 Å². The van der Waals surface area contributed by atoms with Gasteiger partial charge in [-0.05, 0) is 64.4 Å². The average Bonchev–Trinajstić information content (AvgIpc) is 3.10. The van der Waals surface area contributed by atoms with Crippen LogP contribution in [0.1, 0.15) is 37.3 Å². The van der Waals surface area contributed by atoms with Crippen LogP contribution in [-0.2, 0) is 6.54 Å². The molecule has 0 aromatic heterocycles. The maximum Gasteiger partial charge on any atom is 0.191 e. The molecule has 2 N–H and O–H groups in total. The van der Waals surface area contributed by atoms with Gasteiger partial charge in [0.05, 0.1) is 13.7 Å². The van der Waals surface area contributed by atoms with Gasteiger partial charge in [-0.3, -0.25) is 0 Å². The summed E-state index contributed by atoms with van der Waals surface area (Å²) in [6.45, 7) is 10.3. The van der Waals surface area contributed by atoms with Gasteiger partial charge in [0.15, 0.2) is 5.96 Å². The topological polar surface area (TPSA) is 48.9 Å². The largest absolute Gasteiger partial charge is 0.496 e. The van der Waals surface area contributed by atoms with E-state index in [0.717, 1.165) is 36.8 Å². The fourth-order valence-corrected chi connectivity index (χ4v) is 3.00. The van der Waals surface area contributed by atoms with Crippen molar-refractivity contribution in [2.24, 2.45) is 4.99 Å². The number of ether oxygens (including phenoxy) is 1. The molecule has 1 heterocycles. The van der Waals surface area contributed by atoms with Crippen molar-refractivity contribution in [2.45, 2.75) is 39.7 Å². The summed E-state index contributed by atoms with van der Waals surface area (Å²) < 4.78 is 5.46. The van der Waals surface area contributed by atoms with Gasteiger partial charge in [-0.1, -0.05) is 12.1 Å². The third kappa shape index (κ3) is 7.81. The Morgan fingerprint density at radius 2 is 2.00 bits per heavy atom. The van der Waals surface area contributed by atoms with E-state index in [4.69, 9.17) is 9.73 Å². The molecular weight excluding hydrogens is 427 g/mol. The lowest BCUT2D eigenvalue weighted by Crippen LogP contribution is -2.38. The Morgan fingerprint density at radius 1 is 1.24 bits per heavy atom. The summed E-state index contributed by atoms with van der Waals surface area (Å²) in [6.07, 6.45) is 3.87. The van der Waals surface area contributed by atoms with Gasteiger partial charge in [-0.15, -0.1) is 24.0 Å². The van der Waals surface area contributed by atoms with Crippen LogP contribution in [0.5, 0.6) is 5.75 Å². The van der Waals surface area contributed by atoms with Crippen LogP contribution in [0.2, 0.25) is 0 Å². The zero-order valence-electron chi connectivity index (χ0n) is 15.8. The van der Waals surface area contributed by atoms with E-state index in [1.54, 1.807) is 7.11 Å². The molecule has 0 unspecified atom stereocenters. The van der Waals surface area contributed by atoms with Crippen LogP contribution < -0.4 is 15.4 Å². The van der Waals surface area contributed by atoms with Crippen molar-refractivity contribution in [2.75, 3.05) is 39.8 Å². The molecule has 2 rings (SSSR count). The highest BCUT2D eigenvalue weighted by Gasteiger charge is 2.10. The van der Waals surface area contributed by atoms with Gasteiger partial charge in [0.1, 0.15) is 5.75 Å². The molecule has 142 valence electrons. The summed E-state index contributed by atoms with van der Waals surface area (Å²) in [4.78, 5) is 7.24. The molecule has 0 spiro atoms. The molecule has 6 heteroatoms. The molecule has 5 nitrogen and oxygen atoms in total. The van der Waals surface area contributed by atoms with Crippen molar-refractivity contribution in [1.82, 2.24) is 15.5 Å². The second kappa shape index (κ2) is 12.4. The van der Waals surface area contributed by atoms with Crippen LogP contribution in [-0.4, -0.2) is 50.7 Å². The van der Waals surface area contributed by atoms with Crippen molar-refractivity contribution < 1.29 is 4.74 Å². The molecular formula is C19H33IN4O. The number of nitrogens with one attached hydrogen (secondary N) is 2. The predicted molar refractivity (Wildman–Crippen MR) is 116 cm³/mol. The molecule has 0 amide bonds. The van der Waals surface area contributed by atoms with Gasteiger partial charge in [0.2, 0.25) is 0 Å². The van der Waals surface area contributed by atoms with Gasteiger partial charge in [0.25, 0.3) is 0 Å². The second-order valence-corrected chi connectivity index (χ2v) is 6.34. The van der Waals surface area contributed by atoms with Crippen LogP contribution in [0, 0.1) is 6.92 Å². The lowest BCUT2D eigenvalue weighted by atomic mass is 10.1. The van der Waals surface area contributed by atoms with Crippen molar-refractivity contribution in [3.63, 3.8) is 0 Å². The molecule has 1 aliphatic heterocycles. The van der Waals surface area contributed by atoms with Crippen LogP contribution in [0.3, 0.4) is 0 Å². The molecule has 1 aromatic rings. The van der Waals surface area contributed by atoms with E-state index in [-0.39, 0.29) is 24.0 Å². The smallest absolute Gasteiger partial charge is 0.191 e. The summed E-state index contributed by atoms with van der Waals surface area (Å²) in [6, 6.07) is 6.25. The normalized spacial score (nSPS) is 14.9. The van der Waals surface area contributed by atoms with E-state index < -0.39 is 0 Å². The minimum Gasteiger partial charge on any atom is -0.496 e. The number of halogens is 1. The van der Waals surface area contributed by atoms with E-state index >= 15 is 0 Å².